The number of ketones is 1. The molecule has 0 radical (unpaired) electrons. The molecule has 0 bridgehead atoms. The predicted molar refractivity (Wildman–Crippen MR) is 113 cm³/mol. The highest BCUT2D eigenvalue weighted by molar-refractivity contribution is 5.94. The van der Waals surface area contributed by atoms with Gasteiger partial charge in [0.2, 0.25) is 5.95 Å². The molecule has 144 valence electrons. The SMILES string of the molecule is CC(=O)c1ccc(Nc2nc(NCc3ccco3)cc(-c3ccccc3)n2)cc1. The zero-order valence-corrected chi connectivity index (χ0v) is 15.9. The number of benzene rings is 2. The average molecular weight is 384 g/mol. The van der Waals surface area contributed by atoms with Crippen molar-refractivity contribution < 1.29 is 9.21 Å². The second-order valence-electron chi connectivity index (χ2n) is 6.52. The molecule has 2 aromatic carbocycles. The van der Waals surface area contributed by atoms with Gasteiger partial charge in [-0.05, 0) is 43.3 Å². The van der Waals surface area contributed by atoms with E-state index in [4.69, 9.17) is 4.42 Å². The molecule has 0 aliphatic rings. The summed E-state index contributed by atoms with van der Waals surface area (Å²) in [6, 6.07) is 22.8. The van der Waals surface area contributed by atoms with Gasteiger partial charge in [0.05, 0.1) is 18.5 Å². The lowest BCUT2D eigenvalue weighted by Crippen LogP contribution is -2.05. The topological polar surface area (TPSA) is 80.0 Å². The Labute approximate surface area is 168 Å². The molecule has 0 amide bonds. The van der Waals surface area contributed by atoms with E-state index in [1.165, 1.54) is 0 Å². The molecule has 2 N–H and O–H groups in total. The molecule has 6 nitrogen and oxygen atoms in total. The predicted octanol–water partition coefficient (Wildman–Crippen LogP) is 5.29. The van der Waals surface area contributed by atoms with E-state index in [0.717, 1.165) is 22.7 Å². The molecule has 0 aliphatic carbocycles. The van der Waals surface area contributed by atoms with Crippen molar-refractivity contribution in [2.45, 2.75) is 13.5 Å². The van der Waals surface area contributed by atoms with Gasteiger partial charge in [0.25, 0.3) is 0 Å². The Balaban J connectivity index is 1.62. The van der Waals surface area contributed by atoms with Gasteiger partial charge in [-0.2, -0.15) is 4.98 Å². The van der Waals surface area contributed by atoms with Crippen LogP contribution in [0.5, 0.6) is 0 Å². The molecular formula is C23H20N4O2. The Morgan fingerprint density at radius 3 is 2.45 bits per heavy atom. The summed E-state index contributed by atoms with van der Waals surface area (Å²) in [5.41, 5.74) is 3.25. The van der Waals surface area contributed by atoms with Crippen LogP contribution < -0.4 is 10.6 Å². The normalized spacial score (nSPS) is 10.5. The van der Waals surface area contributed by atoms with Crippen molar-refractivity contribution in [3.8, 4) is 11.3 Å². The molecule has 0 unspecified atom stereocenters. The van der Waals surface area contributed by atoms with Crippen molar-refractivity contribution >= 4 is 23.2 Å². The number of nitrogens with one attached hydrogen (secondary N) is 2. The molecule has 0 fully saturated rings. The summed E-state index contributed by atoms with van der Waals surface area (Å²) in [5.74, 6) is 1.99. The number of aromatic nitrogens is 2. The Hall–Kier alpha value is -3.93. The van der Waals surface area contributed by atoms with E-state index in [1.54, 1.807) is 25.3 Å². The summed E-state index contributed by atoms with van der Waals surface area (Å²) in [4.78, 5) is 20.7. The number of Topliss-reactive ketones (excluding diaryl/α,β-unsaturated/α-hetero) is 1. The molecule has 0 atom stereocenters. The minimum Gasteiger partial charge on any atom is -0.467 e. The van der Waals surface area contributed by atoms with Crippen LogP contribution in [0.15, 0.2) is 83.5 Å². The van der Waals surface area contributed by atoms with E-state index in [1.807, 2.05) is 60.7 Å². The third-order valence-corrected chi connectivity index (χ3v) is 4.37. The zero-order valence-electron chi connectivity index (χ0n) is 15.9. The van der Waals surface area contributed by atoms with Crippen molar-refractivity contribution in [2.24, 2.45) is 0 Å². The van der Waals surface area contributed by atoms with Gasteiger partial charge in [-0.15, -0.1) is 0 Å². The van der Waals surface area contributed by atoms with E-state index < -0.39 is 0 Å². The molecule has 0 saturated heterocycles. The summed E-state index contributed by atoms with van der Waals surface area (Å²) < 4.78 is 5.38. The van der Waals surface area contributed by atoms with Gasteiger partial charge in [-0.25, -0.2) is 4.98 Å². The first-order valence-electron chi connectivity index (χ1n) is 9.26. The van der Waals surface area contributed by atoms with Gasteiger partial charge in [-0.3, -0.25) is 4.79 Å². The van der Waals surface area contributed by atoms with E-state index in [9.17, 15) is 4.79 Å². The summed E-state index contributed by atoms with van der Waals surface area (Å²) in [6.45, 7) is 2.07. The summed E-state index contributed by atoms with van der Waals surface area (Å²) in [5, 5.41) is 6.49. The van der Waals surface area contributed by atoms with Crippen LogP contribution in [0, 0.1) is 0 Å². The van der Waals surface area contributed by atoms with Gasteiger partial charge in [0.1, 0.15) is 11.6 Å². The number of furan rings is 1. The number of rotatable bonds is 7. The van der Waals surface area contributed by atoms with Crippen LogP contribution in [0.25, 0.3) is 11.3 Å². The first-order valence-corrected chi connectivity index (χ1v) is 9.26. The molecule has 6 heteroatoms. The van der Waals surface area contributed by atoms with Crippen molar-refractivity contribution in [1.82, 2.24) is 9.97 Å². The Morgan fingerprint density at radius 1 is 0.966 bits per heavy atom. The van der Waals surface area contributed by atoms with Crippen LogP contribution in [0.4, 0.5) is 17.5 Å². The van der Waals surface area contributed by atoms with Crippen LogP contribution in [0.2, 0.25) is 0 Å². The summed E-state index contributed by atoms with van der Waals surface area (Å²) in [6.07, 6.45) is 1.64. The molecule has 2 aromatic heterocycles. The Bertz CT molecular complexity index is 1090. The molecule has 2 heterocycles. The maximum atomic E-state index is 11.5. The highest BCUT2D eigenvalue weighted by Gasteiger charge is 2.08. The zero-order chi connectivity index (χ0) is 20.1. The van der Waals surface area contributed by atoms with Crippen LogP contribution in [0.1, 0.15) is 23.0 Å². The van der Waals surface area contributed by atoms with Gasteiger partial charge in [0.15, 0.2) is 5.78 Å². The first kappa shape index (κ1) is 18.4. The Morgan fingerprint density at radius 2 is 1.76 bits per heavy atom. The van der Waals surface area contributed by atoms with Gasteiger partial charge < -0.3 is 15.1 Å². The fraction of sp³-hybridized carbons (Fsp3) is 0.0870. The number of nitrogens with zero attached hydrogens (tertiary/aromatic N) is 2. The minimum absolute atomic E-state index is 0.0308. The first-order chi connectivity index (χ1) is 14.2. The molecule has 4 rings (SSSR count). The monoisotopic (exact) mass is 384 g/mol. The highest BCUT2D eigenvalue weighted by Crippen LogP contribution is 2.23. The molecule has 0 saturated carbocycles. The van der Waals surface area contributed by atoms with E-state index in [0.29, 0.717) is 23.9 Å². The number of carbonyl (C=O) groups is 1. The van der Waals surface area contributed by atoms with Crippen LogP contribution in [-0.2, 0) is 6.54 Å². The molecule has 29 heavy (non-hydrogen) atoms. The largest absolute Gasteiger partial charge is 0.467 e. The smallest absolute Gasteiger partial charge is 0.229 e. The lowest BCUT2D eigenvalue weighted by Gasteiger charge is -2.11. The molecular weight excluding hydrogens is 364 g/mol. The Kier molecular flexibility index (Phi) is 5.33. The van der Waals surface area contributed by atoms with Gasteiger partial charge >= 0.3 is 0 Å². The fourth-order valence-corrected chi connectivity index (χ4v) is 2.86. The third kappa shape index (κ3) is 4.68. The van der Waals surface area contributed by atoms with Crippen molar-refractivity contribution in [3.63, 3.8) is 0 Å². The van der Waals surface area contributed by atoms with Crippen LogP contribution >= 0.6 is 0 Å². The van der Waals surface area contributed by atoms with E-state index in [-0.39, 0.29) is 5.78 Å². The number of anilines is 3. The third-order valence-electron chi connectivity index (χ3n) is 4.37. The van der Waals surface area contributed by atoms with Crippen molar-refractivity contribution in [2.75, 3.05) is 10.6 Å². The molecule has 0 aliphatic heterocycles. The number of hydrogen-bond donors (Lipinski definition) is 2. The summed E-state index contributed by atoms with van der Waals surface area (Å²) in [7, 11) is 0. The molecule has 0 spiro atoms. The molecule has 4 aromatic rings. The van der Waals surface area contributed by atoms with Crippen molar-refractivity contribution in [3.05, 3.63) is 90.4 Å². The standard InChI is InChI=1S/C23H20N4O2/c1-16(28)17-9-11-19(12-10-17)25-23-26-21(18-6-3-2-4-7-18)14-22(27-23)24-15-20-8-5-13-29-20/h2-14H,15H2,1H3,(H2,24,25,26,27). The maximum absolute atomic E-state index is 11.5. The minimum atomic E-state index is 0.0308. The average Bonchev–Trinajstić information content (AvgIpc) is 3.27. The number of carbonyl (C=O) groups excluding carboxylic acids is 1. The highest BCUT2D eigenvalue weighted by atomic mass is 16.3. The number of hydrogen-bond acceptors (Lipinski definition) is 6. The maximum Gasteiger partial charge on any atom is 0.229 e. The van der Waals surface area contributed by atoms with E-state index in [2.05, 4.69) is 20.6 Å². The van der Waals surface area contributed by atoms with Gasteiger partial charge in [0, 0.05) is 22.9 Å². The van der Waals surface area contributed by atoms with Crippen molar-refractivity contribution in [1.29, 1.82) is 0 Å². The quantitative estimate of drug-likeness (QED) is 0.421. The summed E-state index contributed by atoms with van der Waals surface area (Å²) >= 11 is 0. The lowest BCUT2D eigenvalue weighted by atomic mass is 10.1. The van der Waals surface area contributed by atoms with Crippen LogP contribution in [-0.4, -0.2) is 15.8 Å². The lowest BCUT2D eigenvalue weighted by molar-refractivity contribution is 0.101. The van der Waals surface area contributed by atoms with Crippen LogP contribution in [0.3, 0.4) is 0 Å². The van der Waals surface area contributed by atoms with Gasteiger partial charge in [-0.1, -0.05) is 30.3 Å². The fourth-order valence-electron chi connectivity index (χ4n) is 2.86. The second kappa shape index (κ2) is 8.39. The second-order valence-corrected chi connectivity index (χ2v) is 6.52. The van der Waals surface area contributed by atoms with E-state index >= 15 is 0 Å².